The fraction of sp³-hybridized carbons (Fsp3) is 0.368. The van der Waals surface area contributed by atoms with E-state index in [0.29, 0.717) is 23.5 Å². The highest BCUT2D eigenvalue weighted by Crippen LogP contribution is 2.41. The molecule has 11 nitrogen and oxygen atoms in total. The number of aromatic nitrogens is 3. The first-order valence-corrected chi connectivity index (χ1v) is 16.8. The van der Waals surface area contributed by atoms with E-state index in [9.17, 15) is 20.0 Å². The van der Waals surface area contributed by atoms with Crippen LogP contribution in [-0.4, -0.2) is 81.0 Å². The molecule has 3 aromatic heterocycles. The number of phenols is 1. The number of rotatable bonds is 10. The van der Waals surface area contributed by atoms with E-state index in [-0.39, 0.29) is 66.3 Å². The number of carbonyl (C=O) groups excluding carboxylic acids is 2. The molecule has 266 valence electrons. The fourth-order valence-electron chi connectivity index (χ4n) is 6.86. The number of piperidine rings is 1. The van der Waals surface area contributed by atoms with Crippen LogP contribution < -0.4 is 10.9 Å². The lowest BCUT2D eigenvalue weighted by Crippen LogP contribution is -2.45. The number of likely N-dealkylation sites (N-methyl/N-ethyl adjacent to an activating group) is 1. The Hall–Kier alpha value is -5.48. The van der Waals surface area contributed by atoms with E-state index < -0.39 is 52.1 Å². The topological polar surface area (TPSA) is 144 Å². The van der Waals surface area contributed by atoms with Gasteiger partial charge in [-0.1, -0.05) is 26.5 Å². The van der Waals surface area contributed by atoms with Crippen molar-refractivity contribution in [1.29, 1.82) is 5.26 Å². The quantitative estimate of drug-likeness (QED) is 0.212. The van der Waals surface area contributed by atoms with Gasteiger partial charge in [-0.05, 0) is 87.2 Å². The van der Waals surface area contributed by atoms with Gasteiger partial charge in [-0.3, -0.25) is 23.9 Å². The third-order valence-corrected chi connectivity index (χ3v) is 9.28. The average Bonchev–Trinajstić information content (AvgIpc) is 3.08. The lowest BCUT2D eigenvalue weighted by Gasteiger charge is -2.39. The van der Waals surface area contributed by atoms with Gasteiger partial charge < -0.3 is 20.2 Å². The van der Waals surface area contributed by atoms with Crippen LogP contribution in [0.5, 0.6) is 5.75 Å². The summed E-state index contributed by atoms with van der Waals surface area (Å²) in [5.41, 5.74) is -0.375. The van der Waals surface area contributed by atoms with Crippen molar-refractivity contribution < 1.29 is 23.5 Å². The number of aryl methyl sites for hydroxylation is 1. The maximum atomic E-state index is 16.4. The third kappa shape index (κ3) is 7.09. The van der Waals surface area contributed by atoms with E-state index in [1.54, 1.807) is 24.1 Å². The zero-order valence-corrected chi connectivity index (χ0v) is 29.3. The second-order valence-corrected chi connectivity index (χ2v) is 13.3. The summed E-state index contributed by atoms with van der Waals surface area (Å²) in [5, 5.41) is 23.3. The van der Waals surface area contributed by atoms with E-state index in [2.05, 4.69) is 27.9 Å². The molecule has 4 heterocycles. The molecular formula is C38H41F2N7O4. The summed E-state index contributed by atoms with van der Waals surface area (Å²) >= 11 is 0. The van der Waals surface area contributed by atoms with Crippen LogP contribution in [0.2, 0.25) is 0 Å². The van der Waals surface area contributed by atoms with Crippen molar-refractivity contribution in [3.8, 4) is 28.8 Å². The number of phenolic OH excluding ortho intramolecular Hbond substituents is 1. The first-order chi connectivity index (χ1) is 24.3. The maximum absolute atomic E-state index is 16.4. The molecule has 2 atom stereocenters. The van der Waals surface area contributed by atoms with Crippen molar-refractivity contribution in [3.05, 3.63) is 93.6 Å². The highest BCUT2D eigenvalue weighted by atomic mass is 19.1. The molecule has 1 aliphatic heterocycles. The first kappa shape index (κ1) is 36.8. The molecular weight excluding hydrogens is 656 g/mol. The van der Waals surface area contributed by atoms with Gasteiger partial charge in [0.05, 0.1) is 29.4 Å². The van der Waals surface area contributed by atoms with Crippen molar-refractivity contribution in [1.82, 2.24) is 29.7 Å². The predicted octanol–water partition coefficient (Wildman–Crippen LogP) is 5.33. The first-order valence-electron chi connectivity index (χ1n) is 16.8. The molecule has 0 aliphatic carbocycles. The summed E-state index contributed by atoms with van der Waals surface area (Å²) in [6, 6.07) is 7.91. The summed E-state index contributed by atoms with van der Waals surface area (Å²) in [7, 11) is 3.68. The van der Waals surface area contributed by atoms with Gasteiger partial charge in [0.25, 0.3) is 11.5 Å². The van der Waals surface area contributed by atoms with Gasteiger partial charge >= 0.3 is 0 Å². The van der Waals surface area contributed by atoms with E-state index >= 15 is 13.6 Å². The van der Waals surface area contributed by atoms with Crippen molar-refractivity contribution in [2.24, 2.45) is 0 Å². The molecule has 0 radical (unpaired) electrons. The molecule has 1 fully saturated rings. The van der Waals surface area contributed by atoms with Crippen LogP contribution in [0.15, 0.2) is 54.0 Å². The number of fused-ring (bicyclic) bond motifs is 1. The zero-order valence-electron chi connectivity index (χ0n) is 29.3. The molecule has 5 rings (SSSR count). The van der Waals surface area contributed by atoms with Crippen molar-refractivity contribution >= 4 is 22.8 Å². The molecule has 1 aromatic carbocycles. The Balaban J connectivity index is 1.93. The van der Waals surface area contributed by atoms with Gasteiger partial charge in [0.1, 0.15) is 28.5 Å². The third-order valence-electron chi connectivity index (χ3n) is 9.28. The van der Waals surface area contributed by atoms with Crippen LogP contribution >= 0.6 is 0 Å². The Morgan fingerprint density at radius 2 is 1.98 bits per heavy atom. The number of nitrogens with zero attached hydrogens (tertiary/aromatic N) is 6. The van der Waals surface area contributed by atoms with Crippen LogP contribution in [0, 0.1) is 29.9 Å². The van der Waals surface area contributed by atoms with Crippen LogP contribution in [-0.2, 0) is 4.79 Å². The lowest BCUT2D eigenvalue weighted by molar-refractivity contribution is -0.129. The highest BCUT2D eigenvalue weighted by Gasteiger charge is 2.37. The Morgan fingerprint density at radius 1 is 1.24 bits per heavy atom. The number of hydrogen-bond acceptors (Lipinski definition) is 8. The maximum Gasteiger partial charge on any atom is 0.270 e. The monoisotopic (exact) mass is 697 g/mol. The lowest BCUT2D eigenvalue weighted by atomic mass is 9.80. The number of carbonyl (C=O) groups is 2. The van der Waals surface area contributed by atoms with Gasteiger partial charge in [0.2, 0.25) is 5.91 Å². The van der Waals surface area contributed by atoms with E-state index in [1.807, 2.05) is 32.8 Å². The Morgan fingerprint density at radius 3 is 2.63 bits per heavy atom. The summed E-state index contributed by atoms with van der Waals surface area (Å²) in [6.45, 7) is 10.0. The van der Waals surface area contributed by atoms with E-state index in [1.165, 1.54) is 22.8 Å². The van der Waals surface area contributed by atoms with Gasteiger partial charge in [0, 0.05) is 37.3 Å². The summed E-state index contributed by atoms with van der Waals surface area (Å²) in [4.78, 5) is 54.7. The van der Waals surface area contributed by atoms with Crippen molar-refractivity contribution in [3.63, 3.8) is 0 Å². The Bertz CT molecular complexity index is 2100. The fourth-order valence-corrected chi connectivity index (χ4v) is 6.86. The second kappa shape index (κ2) is 15.2. The molecule has 0 bridgehead atoms. The number of pyridine rings is 3. The van der Waals surface area contributed by atoms with Crippen LogP contribution in [0.25, 0.3) is 28.0 Å². The predicted molar refractivity (Wildman–Crippen MR) is 190 cm³/mol. The minimum absolute atomic E-state index is 0.0224. The number of amides is 2. The number of aromatic hydroxyl groups is 1. The SMILES string of the molecule is C=CC(=O)N1CCC(c2c(C(=O)NCCN(C)C)c(=O)n(-c3c(C)ccnc3C(C)C)c3nc(-c4c(O)cccc4F)c(F)cc23)C[C@@H]1CC#N. The summed E-state index contributed by atoms with van der Waals surface area (Å²) in [6.07, 6.45) is 3.22. The highest BCUT2D eigenvalue weighted by molar-refractivity contribution is 6.01. The number of nitriles is 1. The number of benzene rings is 1. The van der Waals surface area contributed by atoms with E-state index in [4.69, 9.17) is 0 Å². The van der Waals surface area contributed by atoms with Gasteiger partial charge in [-0.15, -0.1) is 0 Å². The average molecular weight is 698 g/mol. The summed E-state index contributed by atoms with van der Waals surface area (Å²) < 4.78 is 32.9. The second-order valence-electron chi connectivity index (χ2n) is 13.3. The van der Waals surface area contributed by atoms with Gasteiger partial charge in [0.15, 0.2) is 5.82 Å². The number of likely N-dealkylation sites (tertiary alicyclic amines) is 1. The van der Waals surface area contributed by atoms with E-state index in [0.717, 1.165) is 12.1 Å². The minimum atomic E-state index is -0.992. The van der Waals surface area contributed by atoms with Gasteiger partial charge in [-0.2, -0.15) is 5.26 Å². The van der Waals surface area contributed by atoms with Gasteiger partial charge in [-0.25, -0.2) is 13.8 Å². The normalized spacial score (nSPS) is 16.0. The Labute approximate surface area is 294 Å². The standard InChI is InChI=1S/C38H41F2N7O4/c1-7-29(49)46-17-13-23(19-24(46)11-14-41)30-25-20-27(40)34(31-26(39)9-8-10-28(31)48)44-36(25)47(35-22(4)12-15-42-33(35)21(2)3)38(51)32(30)37(50)43-16-18-45(5)6/h7-10,12,15,20-21,23-24,48H,1,11,13,16-19H2,2-6H3,(H,43,50)/t23?,24-/m0/s1. The van der Waals surface area contributed by atoms with Crippen LogP contribution in [0.4, 0.5) is 8.78 Å². The molecule has 2 amide bonds. The number of hydrogen-bond donors (Lipinski definition) is 2. The van der Waals surface area contributed by atoms with Crippen LogP contribution in [0.1, 0.15) is 72.1 Å². The molecule has 13 heteroatoms. The number of halogens is 2. The van der Waals surface area contributed by atoms with Crippen LogP contribution in [0.3, 0.4) is 0 Å². The molecule has 51 heavy (non-hydrogen) atoms. The molecule has 1 unspecified atom stereocenters. The minimum Gasteiger partial charge on any atom is -0.507 e. The zero-order chi connectivity index (χ0) is 37.1. The molecule has 4 aromatic rings. The smallest absolute Gasteiger partial charge is 0.270 e. The molecule has 1 saturated heterocycles. The van der Waals surface area contributed by atoms with Crippen molar-refractivity contribution in [2.45, 2.75) is 57.9 Å². The molecule has 0 saturated carbocycles. The van der Waals surface area contributed by atoms with Crippen molar-refractivity contribution in [2.75, 3.05) is 33.7 Å². The number of nitrogens with one attached hydrogen (secondary N) is 1. The summed E-state index contributed by atoms with van der Waals surface area (Å²) in [5.74, 6) is -4.30. The molecule has 1 aliphatic rings. The Kier molecular flexibility index (Phi) is 11.0. The molecule has 2 N–H and O–H groups in total. The molecule has 0 spiro atoms. The largest absolute Gasteiger partial charge is 0.507 e.